The van der Waals surface area contributed by atoms with Crippen LogP contribution >= 0.6 is 0 Å². The highest BCUT2D eigenvalue weighted by Crippen LogP contribution is 2.14. The summed E-state index contributed by atoms with van der Waals surface area (Å²) in [7, 11) is 0. The van der Waals surface area contributed by atoms with Crippen LogP contribution in [-0.4, -0.2) is 23.6 Å². The first-order chi connectivity index (χ1) is 8.30. The smallest absolute Gasteiger partial charge is 0.347 e. The number of carbonyl (C=O) groups excluding carboxylic acids is 2. The van der Waals surface area contributed by atoms with Crippen molar-refractivity contribution in [3.8, 4) is 0 Å². The fraction of sp³-hybridized carbons (Fsp3) is 0.714. The lowest BCUT2D eigenvalue weighted by Gasteiger charge is -2.23. The second kappa shape index (κ2) is 7.90. The van der Waals surface area contributed by atoms with Gasteiger partial charge in [0.05, 0.1) is 0 Å². The minimum Gasteiger partial charge on any atom is -0.457 e. The minimum atomic E-state index is -0.832. The molecule has 0 fully saturated rings. The Hall–Kier alpha value is -1.32. The molecule has 18 heavy (non-hydrogen) atoms. The number of hydrogen-bond acceptors (Lipinski definition) is 4. The van der Waals surface area contributed by atoms with E-state index in [-0.39, 0.29) is 0 Å². The maximum atomic E-state index is 11.9. The Morgan fingerprint density at radius 3 is 2.33 bits per heavy atom. The summed E-state index contributed by atoms with van der Waals surface area (Å²) in [5.41, 5.74) is -0.583. The Labute approximate surface area is 109 Å². The van der Waals surface area contributed by atoms with Crippen LogP contribution in [0.25, 0.3) is 0 Å². The van der Waals surface area contributed by atoms with Gasteiger partial charge in [-0.3, -0.25) is 0 Å². The normalized spacial score (nSPS) is 12.7. The molecule has 4 nitrogen and oxygen atoms in total. The second-order valence-electron chi connectivity index (χ2n) is 5.16. The van der Waals surface area contributed by atoms with E-state index in [2.05, 4.69) is 13.5 Å². The molecular formula is C14H24O4. The van der Waals surface area contributed by atoms with Gasteiger partial charge in [-0.25, -0.2) is 9.59 Å². The molecular weight excluding hydrogens is 232 g/mol. The minimum absolute atomic E-state index is 0.488. The van der Waals surface area contributed by atoms with Gasteiger partial charge in [-0.1, -0.05) is 26.3 Å². The zero-order valence-corrected chi connectivity index (χ0v) is 11.8. The second-order valence-corrected chi connectivity index (χ2v) is 5.16. The van der Waals surface area contributed by atoms with Crippen molar-refractivity contribution in [1.82, 2.24) is 0 Å². The van der Waals surface area contributed by atoms with Crippen LogP contribution in [-0.2, 0) is 19.1 Å². The van der Waals surface area contributed by atoms with Gasteiger partial charge in [-0.05, 0) is 33.6 Å². The maximum Gasteiger partial charge on any atom is 0.347 e. The van der Waals surface area contributed by atoms with E-state index in [1.807, 2.05) is 0 Å². The molecule has 0 aliphatic heterocycles. The standard InChI is InChI=1S/C14H24O4/c1-6-8-9-10-11(17-12(15)7-2)13(16)18-14(3,4)5/h7,11H,2,6,8-10H2,1,3-5H3. The average Bonchev–Trinajstić information content (AvgIpc) is 2.25. The molecule has 0 spiro atoms. The van der Waals surface area contributed by atoms with Crippen molar-refractivity contribution in [2.75, 3.05) is 0 Å². The predicted octanol–water partition coefficient (Wildman–Crippen LogP) is 3.01. The van der Waals surface area contributed by atoms with Gasteiger partial charge in [0, 0.05) is 6.08 Å². The van der Waals surface area contributed by atoms with E-state index in [0.29, 0.717) is 6.42 Å². The monoisotopic (exact) mass is 256 g/mol. The Balaban J connectivity index is 4.48. The molecule has 1 atom stereocenters. The SMILES string of the molecule is C=CC(=O)OC(CCCCC)C(=O)OC(C)(C)C. The quantitative estimate of drug-likeness (QED) is 0.399. The summed E-state index contributed by atoms with van der Waals surface area (Å²) in [5.74, 6) is -1.09. The number of rotatable bonds is 7. The van der Waals surface area contributed by atoms with E-state index in [1.54, 1.807) is 20.8 Å². The van der Waals surface area contributed by atoms with Crippen molar-refractivity contribution >= 4 is 11.9 Å². The van der Waals surface area contributed by atoms with E-state index < -0.39 is 23.6 Å². The largest absolute Gasteiger partial charge is 0.457 e. The third-order valence-electron chi connectivity index (χ3n) is 2.16. The highest BCUT2D eigenvalue weighted by atomic mass is 16.6. The summed E-state index contributed by atoms with van der Waals surface area (Å²) in [6.07, 6.45) is 3.56. The molecule has 0 amide bonds. The van der Waals surface area contributed by atoms with Crippen molar-refractivity contribution < 1.29 is 19.1 Å². The summed E-state index contributed by atoms with van der Waals surface area (Å²) in [6, 6.07) is 0. The van der Waals surface area contributed by atoms with E-state index in [9.17, 15) is 9.59 Å². The zero-order valence-electron chi connectivity index (χ0n) is 11.8. The predicted molar refractivity (Wildman–Crippen MR) is 70.1 cm³/mol. The molecule has 104 valence electrons. The van der Waals surface area contributed by atoms with Crippen LogP contribution in [0.15, 0.2) is 12.7 Å². The fourth-order valence-electron chi connectivity index (χ4n) is 1.36. The first-order valence-corrected chi connectivity index (χ1v) is 6.36. The third kappa shape index (κ3) is 7.87. The van der Waals surface area contributed by atoms with Crippen LogP contribution in [0.2, 0.25) is 0 Å². The van der Waals surface area contributed by atoms with Crippen molar-refractivity contribution in [3.05, 3.63) is 12.7 Å². The molecule has 0 radical (unpaired) electrons. The topological polar surface area (TPSA) is 52.6 Å². The Kier molecular flexibility index (Phi) is 7.32. The molecule has 4 heteroatoms. The lowest BCUT2D eigenvalue weighted by Crippen LogP contribution is -2.34. The molecule has 0 aromatic heterocycles. The van der Waals surface area contributed by atoms with Crippen molar-refractivity contribution in [3.63, 3.8) is 0 Å². The number of ether oxygens (including phenoxy) is 2. The van der Waals surface area contributed by atoms with E-state index in [1.165, 1.54) is 0 Å². The van der Waals surface area contributed by atoms with Crippen LogP contribution in [0.1, 0.15) is 53.4 Å². The molecule has 0 aliphatic rings. The Bertz CT molecular complexity index is 289. The zero-order chi connectivity index (χ0) is 14.2. The van der Waals surface area contributed by atoms with Gasteiger partial charge in [-0.15, -0.1) is 0 Å². The van der Waals surface area contributed by atoms with Crippen LogP contribution in [0.4, 0.5) is 0 Å². The first kappa shape index (κ1) is 16.7. The maximum absolute atomic E-state index is 11.9. The molecule has 0 rings (SSSR count). The van der Waals surface area contributed by atoms with E-state index in [0.717, 1.165) is 25.3 Å². The number of esters is 2. The molecule has 1 unspecified atom stereocenters. The molecule has 0 saturated heterocycles. The van der Waals surface area contributed by atoms with E-state index in [4.69, 9.17) is 9.47 Å². The van der Waals surface area contributed by atoms with Gasteiger partial charge >= 0.3 is 11.9 Å². The summed E-state index contributed by atoms with van der Waals surface area (Å²) in [6.45, 7) is 10.7. The molecule has 0 N–H and O–H groups in total. The fourth-order valence-corrected chi connectivity index (χ4v) is 1.36. The van der Waals surface area contributed by atoms with E-state index >= 15 is 0 Å². The van der Waals surface area contributed by atoms with Crippen LogP contribution in [0.5, 0.6) is 0 Å². The number of hydrogen-bond donors (Lipinski definition) is 0. The van der Waals surface area contributed by atoms with Crippen LogP contribution in [0.3, 0.4) is 0 Å². The van der Waals surface area contributed by atoms with Crippen molar-refractivity contribution in [2.24, 2.45) is 0 Å². The molecule has 0 aliphatic carbocycles. The Morgan fingerprint density at radius 1 is 1.28 bits per heavy atom. The average molecular weight is 256 g/mol. The first-order valence-electron chi connectivity index (χ1n) is 6.36. The van der Waals surface area contributed by atoms with Gasteiger partial charge in [-0.2, -0.15) is 0 Å². The summed E-state index contributed by atoms with van der Waals surface area (Å²) < 4.78 is 10.2. The highest BCUT2D eigenvalue weighted by Gasteiger charge is 2.27. The van der Waals surface area contributed by atoms with Crippen molar-refractivity contribution in [1.29, 1.82) is 0 Å². The summed E-state index contributed by atoms with van der Waals surface area (Å²) >= 11 is 0. The van der Waals surface area contributed by atoms with Gasteiger partial charge in [0.15, 0.2) is 6.10 Å². The van der Waals surface area contributed by atoms with Gasteiger partial charge < -0.3 is 9.47 Å². The molecule has 0 bridgehead atoms. The number of carbonyl (C=O) groups is 2. The molecule has 0 aromatic carbocycles. The Morgan fingerprint density at radius 2 is 1.89 bits per heavy atom. The van der Waals surface area contributed by atoms with Gasteiger partial charge in [0.1, 0.15) is 5.60 Å². The molecule has 0 heterocycles. The van der Waals surface area contributed by atoms with Gasteiger partial charge in [0.25, 0.3) is 0 Å². The molecule has 0 saturated carbocycles. The number of unbranched alkanes of at least 4 members (excludes halogenated alkanes) is 2. The third-order valence-corrected chi connectivity index (χ3v) is 2.16. The lowest BCUT2D eigenvalue weighted by atomic mass is 10.1. The molecule has 0 aromatic rings. The summed E-state index contributed by atoms with van der Waals surface area (Å²) in [4.78, 5) is 23.0. The summed E-state index contributed by atoms with van der Waals surface area (Å²) in [5, 5.41) is 0. The van der Waals surface area contributed by atoms with Gasteiger partial charge in [0.2, 0.25) is 0 Å². The van der Waals surface area contributed by atoms with Crippen LogP contribution in [0, 0.1) is 0 Å². The lowest BCUT2D eigenvalue weighted by molar-refractivity contribution is -0.174. The highest BCUT2D eigenvalue weighted by molar-refractivity contribution is 5.85. The van der Waals surface area contributed by atoms with Crippen molar-refractivity contribution in [2.45, 2.75) is 65.1 Å². The van der Waals surface area contributed by atoms with Crippen LogP contribution < -0.4 is 0 Å².